The molecule has 1 saturated heterocycles. The van der Waals surface area contributed by atoms with Crippen molar-refractivity contribution in [2.45, 2.75) is 70.4 Å². The number of rotatable bonds is 8. The number of hydrogen-bond donors (Lipinski definition) is 1. The molecule has 0 spiro atoms. The van der Waals surface area contributed by atoms with Gasteiger partial charge < -0.3 is 10.0 Å². The van der Waals surface area contributed by atoms with E-state index >= 15 is 0 Å². The van der Waals surface area contributed by atoms with Crippen LogP contribution in [0.1, 0.15) is 75.5 Å². The van der Waals surface area contributed by atoms with Gasteiger partial charge in [0.25, 0.3) is 0 Å². The van der Waals surface area contributed by atoms with Gasteiger partial charge in [-0.25, -0.2) is 0 Å². The molecule has 1 saturated carbocycles. The first-order chi connectivity index (χ1) is 15.7. The minimum atomic E-state index is -0.984. The molecule has 0 aromatic heterocycles. The molecule has 1 amide bonds. The number of amides is 1. The Bertz CT molecular complexity index is 1020. The third-order valence-corrected chi connectivity index (χ3v) is 7.73. The van der Waals surface area contributed by atoms with E-state index < -0.39 is 11.4 Å². The Hall–Kier alpha value is -2.04. The lowest BCUT2D eigenvalue weighted by atomic mass is 9.66. The Morgan fingerprint density at radius 3 is 2.39 bits per heavy atom. The van der Waals surface area contributed by atoms with Crippen molar-refractivity contribution in [3.63, 3.8) is 0 Å². The highest BCUT2D eigenvalue weighted by molar-refractivity contribution is 6.30. The second kappa shape index (κ2) is 9.68. The predicted octanol–water partition coefficient (Wildman–Crippen LogP) is 7.11. The molecule has 2 aromatic carbocycles. The number of carboxylic acid groups (broad SMARTS) is 1. The van der Waals surface area contributed by atoms with E-state index in [9.17, 15) is 14.7 Å². The lowest BCUT2D eigenvalue weighted by Crippen LogP contribution is -2.56. The van der Waals surface area contributed by atoms with Crippen LogP contribution in [0.3, 0.4) is 0 Å². The number of halogens is 2. The molecule has 1 aliphatic carbocycles. The first-order valence-corrected chi connectivity index (χ1v) is 12.5. The Labute approximate surface area is 205 Å². The number of benzene rings is 2. The fourth-order valence-electron chi connectivity index (χ4n) is 5.62. The second-order valence-electron chi connectivity index (χ2n) is 9.90. The van der Waals surface area contributed by atoms with Crippen LogP contribution in [0.2, 0.25) is 10.0 Å². The van der Waals surface area contributed by atoms with Crippen LogP contribution in [0.4, 0.5) is 0 Å². The van der Waals surface area contributed by atoms with Crippen molar-refractivity contribution < 1.29 is 14.7 Å². The molecular weight excluding hydrogens is 457 g/mol. The smallest absolute Gasteiger partial charge is 0.304 e. The zero-order chi connectivity index (χ0) is 23.8. The molecule has 33 heavy (non-hydrogen) atoms. The van der Waals surface area contributed by atoms with Gasteiger partial charge in [-0.2, -0.15) is 0 Å². The summed E-state index contributed by atoms with van der Waals surface area (Å²) in [5.41, 5.74) is 1.07. The summed E-state index contributed by atoms with van der Waals surface area (Å²) in [4.78, 5) is 28.0. The summed E-state index contributed by atoms with van der Waals surface area (Å²) in [5, 5.41) is 11.0. The highest BCUT2D eigenvalue weighted by atomic mass is 35.5. The fraction of sp³-hybridized carbons (Fsp3) is 0.481. The molecule has 1 aliphatic heterocycles. The maximum Gasteiger partial charge on any atom is 0.304 e. The number of hydrogen-bond acceptors (Lipinski definition) is 2. The van der Waals surface area contributed by atoms with Crippen molar-refractivity contribution in [1.82, 2.24) is 4.90 Å². The number of nitrogens with zero attached hydrogens (tertiary/aromatic N) is 1. The van der Waals surface area contributed by atoms with E-state index in [1.54, 1.807) is 0 Å². The minimum Gasteiger partial charge on any atom is -0.481 e. The Kier molecular flexibility index (Phi) is 7.07. The number of carbonyl (C=O) groups excluding carboxylic acids is 1. The Morgan fingerprint density at radius 2 is 1.82 bits per heavy atom. The van der Waals surface area contributed by atoms with E-state index in [0.717, 1.165) is 36.8 Å². The second-order valence-corrected chi connectivity index (χ2v) is 10.8. The van der Waals surface area contributed by atoms with Gasteiger partial charge in [0.15, 0.2) is 0 Å². The van der Waals surface area contributed by atoms with Gasteiger partial charge in [0.2, 0.25) is 5.91 Å². The van der Waals surface area contributed by atoms with Gasteiger partial charge in [0, 0.05) is 22.0 Å². The number of piperidine rings is 1. The summed E-state index contributed by atoms with van der Waals surface area (Å²) >= 11 is 12.6. The van der Waals surface area contributed by atoms with E-state index in [4.69, 9.17) is 23.2 Å². The first kappa shape index (κ1) is 24.1. The standard InChI is InChI=1S/C27H31Cl2NO3/c1-3-5-23(17-8-9-17)30-25(18-10-12-20(28)13-11-18)22(19-6-4-7-21(29)14-19)15-27(2,26(30)33)16-24(31)32/h4,6-7,10-14,17,22-23,25H,3,5,8-9,15-16H2,1-2H3,(H,31,32)/t22-,23?,25-,27+/m1/s1. The SMILES string of the molecule is CCCC(C1CC1)N1C(=O)[C@](C)(CC(=O)O)C[C@H](c2cccc(Cl)c2)[C@H]1c1ccc(Cl)cc1. The maximum absolute atomic E-state index is 14.1. The van der Waals surface area contributed by atoms with E-state index in [-0.39, 0.29) is 30.3 Å². The Morgan fingerprint density at radius 1 is 1.12 bits per heavy atom. The third kappa shape index (κ3) is 5.07. The number of carbonyl (C=O) groups is 2. The van der Waals surface area contributed by atoms with Crippen molar-refractivity contribution in [2.75, 3.05) is 0 Å². The van der Waals surface area contributed by atoms with Crippen LogP contribution in [0.25, 0.3) is 0 Å². The summed E-state index contributed by atoms with van der Waals surface area (Å²) in [6.45, 7) is 3.97. The number of aliphatic carboxylic acids is 1. The van der Waals surface area contributed by atoms with Crippen LogP contribution in [-0.4, -0.2) is 27.9 Å². The lowest BCUT2D eigenvalue weighted by molar-refractivity contribution is -0.161. The average Bonchev–Trinajstić information content (AvgIpc) is 3.59. The molecule has 1 heterocycles. The largest absolute Gasteiger partial charge is 0.481 e. The Balaban J connectivity index is 1.90. The molecule has 0 bridgehead atoms. The topological polar surface area (TPSA) is 57.6 Å². The van der Waals surface area contributed by atoms with Crippen LogP contribution in [0, 0.1) is 11.3 Å². The summed E-state index contributed by atoms with van der Waals surface area (Å²) in [6.07, 6.45) is 4.36. The summed E-state index contributed by atoms with van der Waals surface area (Å²) in [7, 11) is 0. The molecule has 4 nitrogen and oxygen atoms in total. The average molecular weight is 488 g/mol. The van der Waals surface area contributed by atoms with Gasteiger partial charge in [0.05, 0.1) is 17.9 Å². The van der Waals surface area contributed by atoms with E-state index in [1.807, 2.05) is 55.5 Å². The molecule has 4 atom stereocenters. The van der Waals surface area contributed by atoms with Crippen LogP contribution in [0.5, 0.6) is 0 Å². The normalized spacial score (nSPS) is 26.3. The van der Waals surface area contributed by atoms with Gasteiger partial charge in [-0.3, -0.25) is 9.59 Å². The monoisotopic (exact) mass is 487 g/mol. The molecule has 1 N–H and O–H groups in total. The van der Waals surface area contributed by atoms with Crippen molar-refractivity contribution in [2.24, 2.45) is 11.3 Å². The highest BCUT2D eigenvalue weighted by Gasteiger charge is 2.54. The zero-order valence-electron chi connectivity index (χ0n) is 19.1. The zero-order valence-corrected chi connectivity index (χ0v) is 20.6. The minimum absolute atomic E-state index is 0.0477. The number of likely N-dealkylation sites (tertiary alicyclic amines) is 1. The highest BCUT2D eigenvalue weighted by Crippen LogP contribution is 2.54. The van der Waals surface area contributed by atoms with Crippen LogP contribution in [0.15, 0.2) is 48.5 Å². The van der Waals surface area contributed by atoms with Gasteiger partial charge in [-0.15, -0.1) is 0 Å². The molecular formula is C27H31Cl2NO3. The summed E-state index contributed by atoms with van der Waals surface area (Å²) in [5.74, 6) is -0.603. The molecule has 0 radical (unpaired) electrons. The van der Waals surface area contributed by atoms with Gasteiger partial charge in [0.1, 0.15) is 0 Å². The molecule has 2 aliphatic rings. The van der Waals surface area contributed by atoms with Gasteiger partial charge in [-0.05, 0) is 67.0 Å². The van der Waals surface area contributed by atoms with E-state index in [2.05, 4.69) is 11.8 Å². The van der Waals surface area contributed by atoms with Crippen molar-refractivity contribution in [1.29, 1.82) is 0 Å². The van der Waals surface area contributed by atoms with Crippen LogP contribution >= 0.6 is 23.2 Å². The number of carboxylic acids is 1. The molecule has 1 unspecified atom stereocenters. The molecule has 6 heteroatoms. The van der Waals surface area contributed by atoms with E-state index in [0.29, 0.717) is 22.4 Å². The van der Waals surface area contributed by atoms with Gasteiger partial charge in [-0.1, -0.05) is 67.7 Å². The van der Waals surface area contributed by atoms with Crippen molar-refractivity contribution in [3.8, 4) is 0 Å². The van der Waals surface area contributed by atoms with Crippen LogP contribution < -0.4 is 0 Å². The first-order valence-electron chi connectivity index (χ1n) is 11.8. The maximum atomic E-state index is 14.1. The predicted molar refractivity (Wildman–Crippen MR) is 132 cm³/mol. The lowest BCUT2D eigenvalue weighted by Gasteiger charge is -2.52. The molecule has 176 valence electrons. The third-order valence-electron chi connectivity index (χ3n) is 7.24. The molecule has 4 rings (SSSR count). The fourth-order valence-corrected chi connectivity index (χ4v) is 5.95. The van der Waals surface area contributed by atoms with Gasteiger partial charge >= 0.3 is 5.97 Å². The summed E-state index contributed by atoms with van der Waals surface area (Å²) in [6, 6.07) is 15.4. The van der Waals surface area contributed by atoms with Crippen molar-refractivity contribution >= 4 is 35.1 Å². The van der Waals surface area contributed by atoms with Crippen molar-refractivity contribution in [3.05, 3.63) is 69.7 Å². The van der Waals surface area contributed by atoms with Crippen LogP contribution in [-0.2, 0) is 9.59 Å². The quantitative estimate of drug-likeness (QED) is 0.431. The summed E-state index contributed by atoms with van der Waals surface area (Å²) < 4.78 is 0. The molecule has 2 aromatic rings. The van der Waals surface area contributed by atoms with E-state index in [1.165, 1.54) is 0 Å². The molecule has 2 fully saturated rings.